The third-order valence-electron chi connectivity index (χ3n) is 3.51. The Morgan fingerprint density at radius 1 is 1.50 bits per heavy atom. The van der Waals surface area contributed by atoms with Crippen LogP contribution in [0.25, 0.3) is 0 Å². The summed E-state index contributed by atoms with van der Waals surface area (Å²) >= 11 is 1.89. The van der Waals surface area contributed by atoms with E-state index in [1.54, 1.807) is 0 Å². The minimum absolute atomic E-state index is 0.659. The van der Waals surface area contributed by atoms with Crippen molar-refractivity contribution in [2.24, 2.45) is 10.9 Å². The molecule has 0 bridgehead atoms. The van der Waals surface area contributed by atoms with Crippen LogP contribution in [0.4, 0.5) is 0 Å². The lowest BCUT2D eigenvalue weighted by atomic mass is 10.1. The standard InChI is InChI=1S/C12H23N3S/c1-3-11-5-7-16-12(14-11)13-8-10-4-6-15(2)9-10/h10-11H,3-9H2,1-2H3,(H,13,14). The van der Waals surface area contributed by atoms with E-state index in [2.05, 4.69) is 24.2 Å². The van der Waals surface area contributed by atoms with Gasteiger partial charge in [0.05, 0.1) is 0 Å². The predicted octanol–water partition coefficient (Wildman–Crippen LogP) is 1.80. The summed E-state index contributed by atoms with van der Waals surface area (Å²) in [6.45, 7) is 5.72. The molecule has 0 radical (unpaired) electrons. The van der Waals surface area contributed by atoms with Gasteiger partial charge in [0.1, 0.15) is 0 Å². The van der Waals surface area contributed by atoms with Gasteiger partial charge >= 0.3 is 0 Å². The highest BCUT2D eigenvalue weighted by molar-refractivity contribution is 8.13. The molecule has 2 aliphatic rings. The number of aliphatic imine (C=N–C) groups is 1. The Hall–Kier alpha value is -0.220. The van der Waals surface area contributed by atoms with Crippen LogP contribution in [0.5, 0.6) is 0 Å². The van der Waals surface area contributed by atoms with E-state index in [1.807, 2.05) is 11.8 Å². The van der Waals surface area contributed by atoms with E-state index in [0.717, 1.165) is 12.5 Å². The highest BCUT2D eigenvalue weighted by Gasteiger charge is 2.20. The summed E-state index contributed by atoms with van der Waals surface area (Å²) in [6, 6.07) is 0.659. The van der Waals surface area contributed by atoms with Crippen LogP contribution in [-0.2, 0) is 0 Å². The summed E-state index contributed by atoms with van der Waals surface area (Å²) in [5.41, 5.74) is 0. The first-order valence-corrected chi connectivity index (χ1v) is 7.38. The zero-order valence-corrected chi connectivity index (χ0v) is 11.2. The number of thioether (sulfide) groups is 1. The van der Waals surface area contributed by atoms with Crippen LogP contribution in [0.2, 0.25) is 0 Å². The molecule has 3 nitrogen and oxygen atoms in total. The topological polar surface area (TPSA) is 27.6 Å². The van der Waals surface area contributed by atoms with Crippen LogP contribution in [0.15, 0.2) is 4.99 Å². The molecule has 2 heterocycles. The second-order valence-electron chi connectivity index (χ2n) is 4.95. The molecule has 2 rings (SSSR count). The molecule has 1 N–H and O–H groups in total. The van der Waals surface area contributed by atoms with E-state index in [4.69, 9.17) is 4.99 Å². The average molecular weight is 241 g/mol. The van der Waals surface area contributed by atoms with Gasteiger partial charge in [-0.1, -0.05) is 18.7 Å². The quantitative estimate of drug-likeness (QED) is 0.816. The van der Waals surface area contributed by atoms with Crippen LogP contribution >= 0.6 is 11.8 Å². The largest absolute Gasteiger partial charge is 0.362 e. The van der Waals surface area contributed by atoms with Crippen molar-refractivity contribution in [3.8, 4) is 0 Å². The van der Waals surface area contributed by atoms with Crippen molar-refractivity contribution in [1.29, 1.82) is 0 Å². The third-order valence-corrected chi connectivity index (χ3v) is 4.47. The predicted molar refractivity (Wildman–Crippen MR) is 72.2 cm³/mol. The highest BCUT2D eigenvalue weighted by Crippen LogP contribution is 2.18. The van der Waals surface area contributed by atoms with E-state index in [-0.39, 0.29) is 0 Å². The number of nitrogens with zero attached hydrogens (tertiary/aromatic N) is 2. The lowest BCUT2D eigenvalue weighted by Gasteiger charge is -2.24. The van der Waals surface area contributed by atoms with Gasteiger partial charge in [-0.15, -0.1) is 0 Å². The summed E-state index contributed by atoms with van der Waals surface area (Å²) in [5.74, 6) is 2.01. The Balaban J connectivity index is 1.78. The lowest BCUT2D eigenvalue weighted by molar-refractivity contribution is 0.397. The summed E-state index contributed by atoms with van der Waals surface area (Å²) in [5, 5.41) is 4.73. The first-order valence-electron chi connectivity index (χ1n) is 6.40. The van der Waals surface area contributed by atoms with E-state index in [1.165, 1.54) is 43.3 Å². The monoisotopic (exact) mass is 241 g/mol. The molecule has 2 saturated heterocycles. The highest BCUT2D eigenvalue weighted by atomic mass is 32.2. The Labute approximate surface area is 103 Å². The molecule has 0 saturated carbocycles. The van der Waals surface area contributed by atoms with Crippen molar-refractivity contribution in [2.45, 2.75) is 32.2 Å². The van der Waals surface area contributed by atoms with Crippen LogP contribution < -0.4 is 5.32 Å². The van der Waals surface area contributed by atoms with Gasteiger partial charge in [-0.2, -0.15) is 0 Å². The van der Waals surface area contributed by atoms with Gasteiger partial charge in [-0.05, 0) is 38.8 Å². The van der Waals surface area contributed by atoms with Crippen molar-refractivity contribution in [1.82, 2.24) is 10.2 Å². The van der Waals surface area contributed by atoms with Gasteiger partial charge in [0, 0.05) is 24.9 Å². The van der Waals surface area contributed by atoms with Crippen LogP contribution in [0.1, 0.15) is 26.2 Å². The number of likely N-dealkylation sites (tertiary alicyclic amines) is 1. The van der Waals surface area contributed by atoms with Crippen molar-refractivity contribution in [3.63, 3.8) is 0 Å². The second kappa shape index (κ2) is 5.92. The van der Waals surface area contributed by atoms with Gasteiger partial charge in [0.25, 0.3) is 0 Å². The third kappa shape index (κ3) is 3.39. The van der Waals surface area contributed by atoms with E-state index in [0.29, 0.717) is 6.04 Å². The fraction of sp³-hybridized carbons (Fsp3) is 0.917. The van der Waals surface area contributed by atoms with Gasteiger partial charge < -0.3 is 10.2 Å². The minimum atomic E-state index is 0.659. The zero-order valence-electron chi connectivity index (χ0n) is 10.4. The summed E-state index contributed by atoms with van der Waals surface area (Å²) in [7, 11) is 2.20. The number of amidine groups is 1. The maximum atomic E-state index is 4.74. The molecule has 0 spiro atoms. The molecule has 0 aromatic carbocycles. The van der Waals surface area contributed by atoms with Crippen molar-refractivity contribution >= 4 is 16.9 Å². The molecule has 0 aromatic rings. The van der Waals surface area contributed by atoms with Gasteiger partial charge in [0.15, 0.2) is 5.17 Å². The molecule has 0 amide bonds. The Morgan fingerprint density at radius 3 is 3.06 bits per heavy atom. The molecule has 0 aromatic heterocycles. The first-order chi connectivity index (χ1) is 7.78. The molecule has 92 valence electrons. The molecule has 4 heteroatoms. The van der Waals surface area contributed by atoms with Gasteiger partial charge in [-0.25, -0.2) is 0 Å². The van der Waals surface area contributed by atoms with Gasteiger partial charge in [-0.3, -0.25) is 4.99 Å². The van der Waals surface area contributed by atoms with Crippen LogP contribution in [-0.4, -0.2) is 48.5 Å². The second-order valence-corrected chi connectivity index (χ2v) is 6.03. The van der Waals surface area contributed by atoms with E-state index in [9.17, 15) is 0 Å². The SMILES string of the molecule is CCC1CCSC(=NCC2CCN(C)C2)N1. The maximum Gasteiger partial charge on any atom is 0.156 e. The smallest absolute Gasteiger partial charge is 0.156 e. The first kappa shape index (κ1) is 12.2. The molecule has 0 aliphatic carbocycles. The summed E-state index contributed by atoms with van der Waals surface area (Å²) in [4.78, 5) is 7.14. The molecule has 16 heavy (non-hydrogen) atoms. The number of hydrogen-bond acceptors (Lipinski definition) is 3. The minimum Gasteiger partial charge on any atom is -0.362 e. The summed E-state index contributed by atoms with van der Waals surface area (Å²) in [6.07, 6.45) is 3.81. The molecular weight excluding hydrogens is 218 g/mol. The molecule has 2 fully saturated rings. The van der Waals surface area contributed by atoms with Crippen LogP contribution in [0, 0.1) is 5.92 Å². The molecule has 2 aliphatic heterocycles. The van der Waals surface area contributed by atoms with Crippen molar-refractivity contribution in [2.75, 3.05) is 32.4 Å². The average Bonchev–Trinajstić information content (AvgIpc) is 2.73. The maximum absolute atomic E-state index is 4.74. The fourth-order valence-electron chi connectivity index (χ4n) is 2.37. The van der Waals surface area contributed by atoms with Gasteiger partial charge in [0.2, 0.25) is 0 Å². The number of hydrogen-bond donors (Lipinski definition) is 1. The Morgan fingerprint density at radius 2 is 2.38 bits per heavy atom. The normalized spacial score (nSPS) is 34.2. The lowest BCUT2D eigenvalue weighted by Crippen LogP contribution is -2.37. The number of rotatable bonds is 3. The van der Waals surface area contributed by atoms with Crippen molar-refractivity contribution in [3.05, 3.63) is 0 Å². The molecule has 2 atom stereocenters. The van der Waals surface area contributed by atoms with Crippen molar-refractivity contribution < 1.29 is 0 Å². The Kier molecular flexibility index (Phi) is 4.53. The van der Waals surface area contributed by atoms with E-state index >= 15 is 0 Å². The zero-order chi connectivity index (χ0) is 11.4. The van der Waals surface area contributed by atoms with E-state index < -0.39 is 0 Å². The molecule has 2 unspecified atom stereocenters. The fourth-order valence-corrected chi connectivity index (χ4v) is 3.38. The summed E-state index contributed by atoms with van der Waals surface area (Å²) < 4.78 is 0. The van der Waals surface area contributed by atoms with Crippen LogP contribution in [0.3, 0.4) is 0 Å². The Bertz CT molecular complexity index is 255. The molecular formula is C12H23N3S. The number of nitrogens with one attached hydrogen (secondary N) is 1.